The molecule has 2 aromatic carbocycles. The van der Waals surface area contributed by atoms with E-state index < -0.39 is 24.4 Å². The van der Waals surface area contributed by atoms with Crippen molar-refractivity contribution in [3.63, 3.8) is 0 Å². The summed E-state index contributed by atoms with van der Waals surface area (Å²) in [6.07, 6.45) is 2.84. The first-order valence-electron chi connectivity index (χ1n) is 11.3. The number of nitrogens with zero attached hydrogens (tertiary/aromatic N) is 2. The van der Waals surface area contributed by atoms with Gasteiger partial charge in [-0.15, -0.1) is 0 Å². The number of benzene rings is 2. The summed E-state index contributed by atoms with van der Waals surface area (Å²) in [4.78, 5) is 64.5. The summed E-state index contributed by atoms with van der Waals surface area (Å²) in [6, 6.07) is 11.1. The predicted octanol–water partition coefficient (Wildman–Crippen LogP) is 3.01. The van der Waals surface area contributed by atoms with Gasteiger partial charge in [-0.05, 0) is 49.2 Å². The van der Waals surface area contributed by atoms with Crippen molar-refractivity contribution in [2.75, 3.05) is 29.9 Å². The van der Waals surface area contributed by atoms with E-state index in [2.05, 4.69) is 5.32 Å². The highest BCUT2D eigenvalue weighted by Crippen LogP contribution is 2.26. The summed E-state index contributed by atoms with van der Waals surface area (Å²) in [5.41, 5.74) is 1.68. The van der Waals surface area contributed by atoms with Gasteiger partial charge in [-0.25, -0.2) is 4.79 Å². The fourth-order valence-corrected chi connectivity index (χ4v) is 4.02. The lowest BCUT2D eigenvalue weighted by molar-refractivity contribution is -0.119. The van der Waals surface area contributed by atoms with Crippen LogP contribution >= 0.6 is 0 Å². The first-order chi connectivity index (χ1) is 16.4. The van der Waals surface area contributed by atoms with Gasteiger partial charge in [0.15, 0.2) is 6.61 Å². The smallest absolute Gasteiger partial charge is 0.338 e. The number of hydrogen-bond donors (Lipinski definition) is 1. The summed E-state index contributed by atoms with van der Waals surface area (Å²) < 4.78 is 5.10. The molecule has 2 aliphatic heterocycles. The Labute approximate surface area is 196 Å². The van der Waals surface area contributed by atoms with Gasteiger partial charge in [0.1, 0.15) is 0 Å². The van der Waals surface area contributed by atoms with E-state index in [4.69, 9.17) is 4.74 Å². The number of carbonyl (C=O) groups excluding carboxylic acids is 5. The molecule has 0 radical (unpaired) electrons. The molecule has 34 heavy (non-hydrogen) atoms. The maximum Gasteiger partial charge on any atom is 0.338 e. The molecule has 4 rings (SSSR count). The van der Waals surface area contributed by atoms with Crippen molar-refractivity contribution in [3.05, 3.63) is 59.2 Å². The highest BCUT2D eigenvalue weighted by molar-refractivity contribution is 6.22. The molecule has 0 spiro atoms. The minimum absolute atomic E-state index is 0.0421. The van der Waals surface area contributed by atoms with Gasteiger partial charge in [-0.2, -0.15) is 0 Å². The van der Waals surface area contributed by atoms with Gasteiger partial charge in [0.25, 0.3) is 17.7 Å². The third-order valence-electron chi connectivity index (χ3n) is 5.79. The van der Waals surface area contributed by atoms with Gasteiger partial charge in [0.05, 0.1) is 16.7 Å². The average Bonchev–Trinajstić information content (AvgIpc) is 3.37. The SMILES string of the molecule is CCCCN1C(=O)c2ccc(C(=O)OCC(=O)Nc3cccc(N4CCCC4=O)c3)cc2C1=O. The Hall–Kier alpha value is -4.01. The van der Waals surface area contributed by atoms with E-state index in [0.29, 0.717) is 37.3 Å². The molecule has 9 heteroatoms. The fourth-order valence-electron chi connectivity index (χ4n) is 4.02. The van der Waals surface area contributed by atoms with Crippen molar-refractivity contribution in [3.8, 4) is 0 Å². The maximum absolute atomic E-state index is 12.6. The number of ether oxygens (including phenoxy) is 1. The van der Waals surface area contributed by atoms with E-state index in [1.54, 1.807) is 29.2 Å². The largest absolute Gasteiger partial charge is 0.452 e. The van der Waals surface area contributed by atoms with Crippen LogP contribution in [0.4, 0.5) is 11.4 Å². The lowest BCUT2D eigenvalue weighted by Gasteiger charge is -2.16. The second kappa shape index (κ2) is 9.86. The van der Waals surface area contributed by atoms with Crippen LogP contribution in [-0.4, -0.2) is 54.2 Å². The highest BCUT2D eigenvalue weighted by atomic mass is 16.5. The monoisotopic (exact) mass is 463 g/mol. The summed E-state index contributed by atoms with van der Waals surface area (Å²) in [5, 5.41) is 2.65. The number of amides is 4. The van der Waals surface area contributed by atoms with Crippen molar-refractivity contribution in [2.45, 2.75) is 32.6 Å². The zero-order valence-corrected chi connectivity index (χ0v) is 18.8. The second-order valence-electron chi connectivity index (χ2n) is 8.20. The molecular formula is C25H25N3O6. The second-order valence-corrected chi connectivity index (χ2v) is 8.20. The number of nitrogens with one attached hydrogen (secondary N) is 1. The van der Waals surface area contributed by atoms with Gasteiger partial charge in [0, 0.05) is 30.9 Å². The fraction of sp³-hybridized carbons (Fsp3) is 0.320. The van der Waals surface area contributed by atoms with Crippen LogP contribution in [0.15, 0.2) is 42.5 Å². The first kappa shape index (κ1) is 23.2. The number of rotatable bonds is 8. The van der Waals surface area contributed by atoms with Crippen LogP contribution in [0.25, 0.3) is 0 Å². The number of anilines is 2. The van der Waals surface area contributed by atoms with Gasteiger partial charge in [-0.1, -0.05) is 19.4 Å². The number of carbonyl (C=O) groups is 5. The predicted molar refractivity (Wildman–Crippen MR) is 124 cm³/mol. The molecule has 2 aliphatic rings. The molecule has 0 aliphatic carbocycles. The Morgan fingerprint density at radius 2 is 1.82 bits per heavy atom. The zero-order chi connectivity index (χ0) is 24.2. The Balaban J connectivity index is 1.35. The zero-order valence-electron chi connectivity index (χ0n) is 18.8. The van der Waals surface area contributed by atoms with Crippen molar-refractivity contribution in [1.82, 2.24) is 4.90 Å². The van der Waals surface area contributed by atoms with Crippen LogP contribution < -0.4 is 10.2 Å². The van der Waals surface area contributed by atoms with Crippen molar-refractivity contribution >= 4 is 41.0 Å². The Morgan fingerprint density at radius 1 is 1.03 bits per heavy atom. The highest BCUT2D eigenvalue weighted by Gasteiger charge is 2.35. The molecule has 1 saturated heterocycles. The minimum Gasteiger partial charge on any atom is -0.452 e. The average molecular weight is 463 g/mol. The van der Waals surface area contributed by atoms with E-state index in [1.165, 1.54) is 23.1 Å². The topological polar surface area (TPSA) is 113 Å². The van der Waals surface area contributed by atoms with Gasteiger partial charge in [0.2, 0.25) is 5.91 Å². The van der Waals surface area contributed by atoms with E-state index >= 15 is 0 Å². The van der Waals surface area contributed by atoms with Crippen LogP contribution in [0, 0.1) is 0 Å². The maximum atomic E-state index is 12.6. The summed E-state index contributed by atoms with van der Waals surface area (Å²) >= 11 is 0. The number of imide groups is 1. The Bertz CT molecular complexity index is 1170. The van der Waals surface area contributed by atoms with Gasteiger partial charge in [-0.3, -0.25) is 24.1 Å². The molecule has 0 aromatic heterocycles. The van der Waals surface area contributed by atoms with Crippen LogP contribution in [0.2, 0.25) is 0 Å². The normalized spacial score (nSPS) is 15.0. The molecule has 176 valence electrons. The van der Waals surface area contributed by atoms with E-state index in [-0.39, 0.29) is 28.5 Å². The lowest BCUT2D eigenvalue weighted by Crippen LogP contribution is -2.30. The third kappa shape index (κ3) is 4.68. The summed E-state index contributed by atoms with van der Waals surface area (Å²) in [6.45, 7) is 2.40. The molecule has 9 nitrogen and oxygen atoms in total. The first-order valence-corrected chi connectivity index (χ1v) is 11.3. The number of hydrogen-bond acceptors (Lipinski definition) is 6. The van der Waals surface area contributed by atoms with Gasteiger partial charge >= 0.3 is 5.97 Å². The summed E-state index contributed by atoms with van der Waals surface area (Å²) in [7, 11) is 0. The number of unbranched alkanes of at least 4 members (excludes halogenated alkanes) is 1. The molecule has 4 amide bonds. The quantitative estimate of drug-likeness (QED) is 0.476. The molecule has 0 unspecified atom stereocenters. The van der Waals surface area contributed by atoms with E-state index in [0.717, 1.165) is 12.8 Å². The van der Waals surface area contributed by atoms with Crippen molar-refractivity contribution in [1.29, 1.82) is 0 Å². The molecule has 0 atom stereocenters. The van der Waals surface area contributed by atoms with E-state index in [9.17, 15) is 24.0 Å². The van der Waals surface area contributed by atoms with Crippen LogP contribution in [0.1, 0.15) is 63.7 Å². The van der Waals surface area contributed by atoms with Crippen LogP contribution in [-0.2, 0) is 14.3 Å². The molecule has 0 saturated carbocycles. The molecule has 1 fully saturated rings. The number of esters is 1. The van der Waals surface area contributed by atoms with Gasteiger partial charge < -0.3 is 15.0 Å². The molecule has 0 bridgehead atoms. The summed E-state index contributed by atoms with van der Waals surface area (Å²) in [5.74, 6) is -2.08. The van der Waals surface area contributed by atoms with Crippen molar-refractivity contribution in [2.24, 2.45) is 0 Å². The molecule has 2 aromatic rings. The molecule has 1 N–H and O–H groups in total. The van der Waals surface area contributed by atoms with Crippen molar-refractivity contribution < 1.29 is 28.7 Å². The van der Waals surface area contributed by atoms with E-state index in [1.807, 2.05) is 6.92 Å². The minimum atomic E-state index is -0.776. The van der Waals surface area contributed by atoms with Crippen LogP contribution in [0.3, 0.4) is 0 Å². The molecular weight excluding hydrogens is 438 g/mol. The van der Waals surface area contributed by atoms with Crippen LogP contribution in [0.5, 0.6) is 0 Å². The lowest BCUT2D eigenvalue weighted by atomic mass is 10.1. The Kier molecular flexibility index (Phi) is 6.72. The standard InChI is InChI=1S/C25H25N3O6/c1-2-3-11-28-23(31)19-10-9-16(13-20(19)24(28)32)25(33)34-15-21(29)26-17-6-4-7-18(14-17)27-12-5-8-22(27)30/h4,6-7,9-10,13-14H,2-3,5,8,11-12,15H2,1H3,(H,26,29). The molecule has 2 heterocycles. The Morgan fingerprint density at radius 3 is 2.56 bits per heavy atom. The number of fused-ring (bicyclic) bond motifs is 1. The third-order valence-corrected chi connectivity index (χ3v) is 5.79.